The van der Waals surface area contributed by atoms with Gasteiger partial charge in [0.25, 0.3) is 5.69 Å². The quantitative estimate of drug-likeness (QED) is 0.562. The van der Waals surface area contributed by atoms with E-state index in [1.807, 2.05) is 41.4 Å². The highest BCUT2D eigenvalue weighted by Gasteiger charge is 2.35. The molecule has 3 aromatic rings. The molecule has 140 valence electrons. The summed E-state index contributed by atoms with van der Waals surface area (Å²) < 4.78 is 0. The van der Waals surface area contributed by atoms with Crippen LogP contribution in [0.4, 0.5) is 11.4 Å². The van der Waals surface area contributed by atoms with Crippen molar-refractivity contribution in [2.75, 3.05) is 24.6 Å². The van der Waals surface area contributed by atoms with E-state index in [-0.39, 0.29) is 22.6 Å². The number of hydrogen-bond donors (Lipinski definition) is 1. The Balaban J connectivity index is 0.000000177. The molecule has 4 rings (SSSR count). The molecule has 0 bridgehead atoms. The van der Waals surface area contributed by atoms with Gasteiger partial charge in [-0.2, -0.15) is 0 Å². The van der Waals surface area contributed by atoms with Gasteiger partial charge in [-0.15, -0.1) is 0 Å². The molecule has 0 saturated carbocycles. The smallest absolute Gasteiger partial charge is 0.271 e. The van der Waals surface area contributed by atoms with Crippen LogP contribution in [0.2, 0.25) is 0 Å². The summed E-state index contributed by atoms with van der Waals surface area (Å²) >= 11 is 0. The lowest BCUT2D eigenvalue weighted by molar-refractivity contribution is -0.384. The molecule has 6 heteroatoms. The second-order valence-electron chi connectivity index (χ2n) is 7.18. The van der Waals surface area contributed by atoms with Gasteiger partial charge in [0.2, 0.25) is 0 Å². The van der Waals surface area contributed by atoms with Gasteiger partial charge in [0.05, 0.1) is 17.0 Å². The number of anilines is 1. The molecule has 6 nitrogen and oxygen atoms in total. The van der Waals surface area contributed by atoms with Crippen molar-refractivity contribution in [1.82, 2.24) is 4.98 Å². The van der Waals surface area contributed by atoms with Crippen LogP contribution in [0.3, 0.4) is 0 Å². The van der Waals surface area contributed by atoms with Crippen LogP contribution in [0.15, 0.2) is 60.8 Å². The average Bonchev–Trinajstić information content (AvgIpc) is 2.92. The molecule has 0 aliphatic carbocycles. The molecule has 0 radical (unpaired) electrons. The molecule has 0 spiro atoms. The van der Waals surface area contributed by atoms with Crippen molar-refractivity contribution < 1.29 is 10.0 Å². The fraction of sp³-hybridized carbons (Fsp3) is 0.286. The van der Waals surface area contributed by atoms with Crippen LogP contribution in [0.5, 0.6) is 0 Å². The highest BCUT2D eigenvalue weighted by atomic mass is 16.6. The lowest BCUT2D eigenvalue weighted by atomic mass is 9.87. The van der Waals surface area contributed by atoms with Gasteiger partial charge in [-0.25, -0.2) is 0 Å². The first-order valence-electron chi connectivity index (χ1n) is 8.87. The van der Waals surface area contributed by atoms with Gasteiger partial charge >= 0.3 is 0 Å². The van der Waals surface area contributed by atoms with Crippen molar-refractivity contribution >= 4 is 22.3 Å². The SMILES string of the molecule is CC1(C)CN(CCO)c2cc([N+](=O)[O-])ccc21.c1ccc2ncccc2c1. The minimum Gasteiger partial charge on any atom is -0.395 e. The number of fused-ring (bicyclic) bond motifs is 2. The minimum atomic E-state index is -0.386. The van der Waals surface area contributed by atoms with E-state index in [1.165, 1.54) is 5.39 Å². The zero-order chi connectivity index (χ0) is 19.4. The van der Waals surface area contributed by atoms with E-state index >= 15 is 0 Å². The number of benzene rings is 2. The lowest BCUT2D eigenvalue weighted by Crippen LogP contribution is -2.30. The van der Waals surface area contributed by atoms with Crippen LogP contribution >= 0.6 is 0 Å². The second-order valence-corrected chi connectivity index (χ2v) is 7.18. The number of pyridine rings is 1. The number of aliphatic hydroxyl groups is 1. The van der Waals surface area contributed by atoms with E-state index < -0.39 is 0 Å². The summed E-state index contributed by atoms with van der Waals surface area (Å²) in [5, 5.41) is 21.0. The van der Waals surface area contributed by atoms with Gasteiger partial charge in [0.1, 0.15) is 0 Å². The zero-order valence-corrected chi connectivity index (χ0v) is 15.5. The Morgan fingerprint density at radius 2 is 1.93 bits per heavy atom. The molecule has 1 aliphatic heterocycles. The number of nitrogens with zero attached hydrogens (tertiary/aromatic N) is 3. The molecule has 0 unspecified atom stereocenters. The van der Waals surface area contributed by atoms with E-state index in [2.05, 4.69) is 31.0 Å². The highest BCUT2D eigenvalue weighted by Crippen LogP contribution is 2.41. The number of nitro groups is 1. The maximum atomic E-state index is 10.8. The third kappa shape index (κ3) is 4.06. The number of para-hydroxylation sites is 1. The molecule has 0 amide bonds. The molecule has 0 atom stereocenters. The Labute approximate surface area is 158 Å². The summed E-state index contributed by atoms with van der Waals surface area (Å²) in [7, 11) is 0. The van der Waals surface area contributed by atoms with Gasteiger partial charge in [0.15, 0.2) is 0 Å². The van der Waals surface area contributed by atoms with Crippen LogP contribution in [0.1, 0.15) is 19.4 Å². The normalized spacial score (nSPS) is 14.4. The van der Waals surface area contributed by atoms with Crippen LogP contribution in [-0.2, 0) is 5.41 Å². The molecular formula is C21H23N3O3. The molecule has 1 aliphatic rings. The molecule has 2 aromatic carbocycles. The molecule has 2 heterocycles. The van der Waals surface area contributed by atoms with Gasteiger partial charge in [-0.05, 0) is 23.8 Å². The Morgan fingerprint density at radius 3 is 2.63 bits per heavy atom. The monoisotopic (exact) mass is 365 g/mol. The van der Waals surface area contributed by atoms with Crippen LogP contribution < -0.4 is 4.90 Å². The van der Waals surface area contributed by atoms with Crippen molar-refractivity contribution in [1.29, 1.82) is 0 Å². The zero-order valence-electron chi connectivity index (χ0n) is 15.5. The number of hydrogen-bond acceptors (Lipinski definition) is 5. The molecule has 1 aromatic heterocycles. The maximum Gasteiger partial charge on any atom is 0.271 e. The van der Waals surface area contributed by atoms with Crippen LogP contribution in [0.25, 0.3) is 10.9 Å². The van der Waals surface area contributed by atoms with Gasteiger partial charge in [0, 0.05) is 47.9 Å². The summed E-state index contributed by atoms with van der Waals surface area (Å²) in [6, 6.07) is 17.1. The van der Waals surface area contributed by atoms with Crippen molar-refractivity contribution in [3.05, 3.63) is 76.5 Å². The van der Waals surface area contributed by atoms with Gasteiger partial charge in [-0.3, -0.25) is 15.1 Å². The number of aromatic nitrogens is 1. The van der Waals surface area contributed by atoms with Gasteiger partial charge in [-0.1, -0.05) is 38.1 Å². The van der Waals surface area contributed by atoms with Crippen molar-refractivity contribution in [3.63, 3.8) is 0 Å². The summed E-state index contributed by atoms with van der Waals surface area (Å²) in [4.78, 5) is 16.6. The number of rotatable bonds is 3. The van der Waals surface area contributed by atoms with E-state index in [0.29, 0.717) is 6.54 Å². The van der Waals surface area contributed by atoms with Crippen molar-refractivity contribution in [2.24, 2.45) is 0 Å². The number of nitro benzene ring substituents is 1. The first-order chi connectivity index (χ1) is 12.9. The summed E-state index contributed by atoms with van der Waals surface area (Å²) in [6.45, 7) is 5.56. The predicted molar refractivity (Wildman–Crippen MR) is 107 cm³/mol. The molecule has 27 heavy (non-hydrogen) atoms. The van der Waals surface area contributed by atoms with Crippen LogP contribution in [-0.4, -0.2) is 34.7 Å². The Kier molecular flexibility index (Phi) is 5.37. The standard InChI is InChI=1S/C12H16N2O3.C9H7N/c1-12(2)8-13(5-6-15)11-7-9(14(16)17)3-4-10(11)12;1-2-6-9-8(4-1)5-3-7-10-9/h3-4,7,15H,5-6,8H2,1-2H3;1-7H. The summed E-state index contributed by atoms with van der Waals surface area (Å²) in [6.07, 6.45) is 1.81. The van der Waals surface area contributed by atoms with E-state index in [1.54, 1.807) is 12.1 Å². The second kappa shape index (κ2) is 7.72. The van der Waals surface area contributed by atoms with Gasteiger partial charge < -0.3 is 10.0 Å². The largest absolute Gasteiger partial charge is 0.395 e. The Bertz CT molecular complexity index is 891. The van der Waals surface area contributed by atoms with Crippen molar-refractivity contribution in [2.45, 2.75) is 19.3 Å². The fourth-order valence-electron chi connectivity index (χ4n) is 3.45. The maximum absolute atomic E-state index is 10.8. The Hall–Kier alpha value is -2.99. The summed E-state index contributed by atoms with van der Waals surface area (Å²) in [5.41, 5.74) is 3.11. The third-order valence-corrected chi connectivity index (χ3v) is 4.73. The molecule has 1 N–H and O–H groups in total. The third-order valence-electron chi connectivity index (χ3n) is 4.73. The van der Waals surface area contributed by atoms with E-state index in [9.17, 15) is 10.1 Å². The fourth-order valence-corrected chi connectivity index (χ4v) is 3.45. The molecular weight excluding hydrogens is 342 g/mol. The number of non-ortho nitro benzene ring substituents is 1. The predicted octanol–water partition coefficient (Wildman–Crippen LogP) is 3.92. The number of β-amino-alcohol motifs (C(OH)–C–C–N with tert-alkyl or cyclic N) is 1. The van der Waals surface area contributed by atoms with Crippen LogP contribution in [0, 0.1) is 10.1 Å². The first kappa shape index (κ1) is 18.8. The topological polar surface area (TPSA) is 79.5 Å². The Morgan fingerprint density at radius 1 is 1.19 bits per heavy atom. The average molecular weight is 365 g/mol. The summed E-state index contributed by atoms with van der Waals surface area (Å²) in [5.74, 6) is 0. The highest BCUT2D eigenvalue weighted by molar-refractivity contribution is 5.77. The molecule has 0 saturated heterocycles. The van der Waals surface area contributed by atoms with Crippen molar-refractivity contribution in [3.8, 4) is 0 Å². The van der Waals surface area contributed by atoms with E-state index in [4.69, 9.17) is 5.11 Å². The minimum absolute atomic E-state index is 0.0281. The first-order valence-corrected chi connectivity index (χ1v) is 8.87. The number of aliphatic hydroxyl groups excluding tert-OH is 1. The van der Waals surface area contributed by atoms with E-state index in [0.717, 1.165) is 23.3 Å². The lowest BCUT2D eigenvalue weighted by Gasteiger charge is -2.21. The molecule has 0 fully saturated rings.